The van der Waals surface area contributed by atoms with Crippen molar-refractivity contribution in [3.8, 4) is 11.1 Å². The highest BCUT2D eigenvalue weighted by Crippen LogP contribution is 2.37. The van der Waals surface area contributed by atoms with Crippen LogP contribution in [-0.2, 0) is 13.0 Å². The van der Waals surface area contributed by atoms with Crippen molar-refractivity contribution in [2.75, 3.05) is 5.73 Å². The Kier molecular flexibility index (Phi) is 3.00. The minimum Gasteiger partial charge on any atom is -0.396 e. The summed E-state index contributed by atoms with van der Waals surface area (Å²) in [5, 5.41) is 4.45. The third-order valence-electron chi connectivity index (χ3n) is 4.26. The number of pyridine rings is 2. The molecule has 0 bridgehead atoms. The summed E-state index contributed by atoms with van der Waals surface area (Å²) in [6, 6.07) is 3.57. The topological polar surface area (TPSA) is 113 Å². The van der Waals surface area contributed by atoms with Gasteiger partial charge in [0, 0.05) is 29.6 Å². The number of nitrogens with two attached hydrogens (primary N) is 2. The molecule has 0 radical (unpaired) electrons. The van der Waals surface area contributed by atoms with E-state index in [9.17, 15) is 4.79 Å². The second-order valence-electron chi connectivity index (χ2n) is 5.67. The van der Waals surface area contributed by atoms with Gasteiger partial charge in [-0.25, -0.2) is 4.98 Å². The molecule has 4 heterocycles. The summed E-state index contributed by atoms with van der Waals surface area (Å²) in [7, 11) is 0. The van der Waals surface area contributed by atoms with Gasteiger partial charge in [0.25, 0.3) is 5.91 Å². The maximum absolute atomic E-state index is 11.7. The molecule has 7 heteroatoms. The first kappa shape index (κ1) is 13.7. The van der Waals surface area contributed by atoms with E-state index in [1.807, 2.05) is 4.68 Å². The maximum Gasteiger partial charge on any atom is 0.269 e. The number of aromatic nitrogens is 4. The summed E-state index contributed by atoms with van der Waals surface area (Å²) in [4.78, 5) is 20.4. The molecule has 0 fully saturated rings. The van der Waals surface area contributed by atoms with Crippen LogP contribution in [0.25, 0.3) is 22.2 Å². The summed E-state index contributed by atoms with van der Waals surface area (Å²) < 4.78 is 2.00. The van der Waals surface area contributed by atoms with Crippen molar-refractivity contribution < 1.29 is 4.79 Å². The Morgan fingerprint density at radius 1 is 1.30 bits per heavy atom. The number of nitrogen functional groups attached to an aromatic ring is 1. The monoisotopic (exact) mass is 308 g/mol. The molecule has 0 aromatic carbocycles. The molecule has 23 heavy (non-hydrogen) atoms. The lowest BCUT2D eigenvalue weighted by Crippen LogP contribution is -2.17. The van der Waals surface area contributed by atoms with Gasteiger partial charge in [0.2, 0.25) is 0 Å². The summed E-state index contributed by atoms with van der Waals surface area (Å²) >= 11 is 0. The molecule has 0 atom stereocenters. The fourth-order valence-electron chi connectivity index (χ4n) is 3.20. The minimum atomic E-state index is -0.643. The van der Waals surface area contributed by atoms with Crippen molar-refractivity contribution in [1.82, 2.24) is 19.7 Å². The number of carbonyl (C=O) groups is 1. The Morgan fingerprint density at radius 2 is 2.17 bits per heavy atom. The van der Waals surface area contributed by atoms with Crippen molar-refractivity contribution >= 4 is 22.6 Å². The molecule has 0 spiro atoms. The van der Waals surface area contributed by atoms with Crippen LogP contribution in [0.4, 0.5) is 5.69 Å². The zero-order chi connectivity index (χ0) is 16.0. The Hall–Kier alpha value is -2.96. The van der Waals surface area contributed by atoms with E-state index in [1.165, 1.54) is 0 Å². The number of anilines is 1. The number of amides is 1. The number of nitrogens with zero attached hydrogens (tertiary/aromatic N) is 4. The maximum atomic E-state index is 11.7. The molecule has 4 N–H and O–H groups in total. The van der Waals surface area contributed by atoms with Gasteiger partial charge < -0.3 is 11.5 Å². The Morgan fingerprint density at radius 3 is 3.00 bits per heavy atom. The van der Waals surface area contributed by atoms with E-state index in [0.717, 1.165) is 37.1 Å². The lowest BCUT2D eigenvalue weighted by Gasteiger charge is -2.16. The van der Waals surface area contributed by atoms with Crippen molar-refractivity contribution in [3.63, 3.8) is 0 Å². The summed E-state index contributed by atoms with van der Waals surface area (Å²) in [6.45, 7) is 0.897. The first-order chi connectivity index (χ1) is 11.2. The van der Waals surface area contributed by atoms with E-state index in [0.29, 0.717) is 16.6 Å². The van der Waals surface area contributed by atoms with Gasteiger partial charge in [0.1, 0.15) is 0 Å². The quantitative estimate of drug-likeness (QED) is 0.745. The SMILES string of the molecule is NC(=O)c1nc2cccnc2c(-c2cnn3c2CCCC3)c1N. The van der Waals surface area contributed by atoms with Crippen molar-refractivity contribution in [3.05, 3.63) is 35.9 Å². The van der Waals surface area contributed by atoms with Crippen LogP contribution in [-0.4, -0.2) is 25.7 Å². The number of rotatable bonds is 2. The number of hydrogen-bond acceptors (Lipinski definition) is 5. The number of fused-ring (bicyclic) bond motifs is 2. The second-order valence-corrected chi connectivity index (χ2v) is 5.67. The normalized spacial score (nSPS) is 13.9. The third kappa shape index (κ3) is 2.04. The van der Waals surface area contributed by atoms with Crippen LogP contribution in [0, 0.1) is 0 Å². The van der Waals surface area contributed by atoms with Crippen LogP contribution in [0.2, 0.25) is 0 Å². The summed E-state index contributed by atoms with van der Waals surface area (Å²) in [5.41, 5.74) is 16.0. The molecule has 3 aromatic heterocycles. The number of carbonyl (C=O) groups excluding carboxylic acids is 1. The smallest absolute Gasteiger partial charge is 0.269 e. The van der Waals surface area contributed by atoms with Crippen molar-refractivity contribution in [2.24, 2.45) is 5.73 Å². The lowest BCUT2D eigenvalue weighted by atomic mass is 9.97. The van der Waals surface area contributed by atoms with Gasteiger partial charge >= 0.3 is 0 Å². The molecule has 4 rings (SSSR count). The van der Waals surface area contributed by atoms with Gasteiger partial charge in [-0.2, -0.15) is 5.10 Å². The van der Waals surface area contributed by atoms with Gasteiger partial charge in [-0.3, -0.25) is 14.5 Å². The first-order valence-corrected chi connectivity index (χ1v) is 7.56. The highest BCUT2D eigenvalue weighted by molar-refractivity contribution is 6.07. The zero-order valence-electron chi connectivity index (χ0n) is 12.5. The average Bonchev–Trinajstić information content (AvgIpc) is 2.98. The third-order valence-corrected chi connectivity index (χ3v) is 4.26. The first-order valence-electron chi connectivity index (χ1n) is 7.56. The van der Waals surface area contributed by atoms with Crippen LogP contribution in [0.5, 0.6) is 0 Å². The number of aryl methyl sites for hydroxylation is 1. The molecule has 0 unspecified atom stereocenters. The number of hydrogen-bond donors (Lipinski definition) is 2. The summed E-state index contributed by atoms with van der Waals surface area (Å²) in [6.07, 6.45) is 6.64. The summed E-state index contributed by atoms with van der Waals surface area (Å²) in [5.74, 6) is -0.643. The molecular weight excluding hydrogens is 292 g/mol. The fraction of sp³-hybridized carbons (Fsp3) is 0.250. The van der Waals surface area contributed by atoms with Crippen LogP contribution >= 0.6 is 0 Å². The van der Waals surface area contributed by atoms with E-state index in [2.05, 4.69) is 15.1 Å². The van der Waals surface area contributed by atoms with Gasteiger partial charge in [0.05, 0.1) is 22.9 Å². The van der Waals surface area contributed by atoms with Crippen LogP contribution in [0.15, 0.2) is 24.5 Å². The predicted molar refractivity (Wildman–Crippen MR) is 86.6 cm³/mol. The largest absolute Gasteiger partial charge is 0.396 e. The molecule has 1 amide bonds. The molecule has 0 saturated carbocycles. The Bertz CT molecular complexity index is 930. The Balaban J connectivity index is 2.08. The van der Waals surface area contributed by atoms with E-state index < -0.39 is 5.91 Å². The van der Waals surface area contributed by atoms with Crippen LogP contribution in [0.1, 0.15) is 29.0 Å². The average molecular weight is 308 g/mol. The lowest BCUT2D eigenvalue weighted by molar-refractivity contribution is 0.0997. The molecular formula is C16H16N6O. The minimum absolute atomic E-state index is 0.0799. The van der Waals surface area contributed by atoms with E-state index >= 15 is 0 Å². The number of primary amides is 1. The molecule has 0 saturated heterocycles. The van der Waals surface area contributed by atoms with Crippen LogP contribution < -0.4 is 11.5 Å². The van der Waals surface area contributed by atoms with Gasteiger partial charge in [-0.05, 0) is 31.4 Å². The van der Waals surface area contributed by atoms with Gasteiger partial charge in [-0.15, -0.1) is 0 Å². The predicted octanol–water partition coefficient (Wildman–Crippen LogP) is 1.51. The van der Waals surface area contributed by atoms with E-state index in [-0.39, 0.29) is 11.4 Å². The standard InChI is InChI=1S/C16H16N6O/c17-13-12(9-8-20-22-7-2-1-5-11(9)22)14-10(4-3-6-19-14)21-15(13)16(18)23/h3-4,6,8H,1-2,5,7,17H2,(H2,18,23). The van der Waals surface area contributed by atoms with Crippen molar-refractivity contribution in [2.45, 2.75) is 25.8 Å². The van der Waals surface area contributed by atoms with Gasteiger partial charge in [0.15, 0.2) is 5.69 Å². The highest BCUT2D eigenvalue weighted by atomic mass is 16.1. The fourth-order valence-corrected chi connectivity index (χ4v) is 3.20. The van der Waals surface area contributed by atoms with Crippen molar-refractivity contribution in [1.29, 1.82) is 0 Å². The molecule has 1 aliphatic heterocycles. The zero-order valence-corrected chi connectivity index (χ0v) is 12.5. The molecule has 1 aliphatic rings. The van der Waals surface area contributed by atoms with E-state index in [1.54, 1.807) is 24.5 Å². The molecule has 3 aromatic rings. The Labute approximate surface area is 132 Å². The second kappa shape index (κ2) is 5.05. The molecule has 0 aliphatic carbocycles. The highest BCUT2D eigenvalue weighted by Gasteiger charge is 2.23. The molecule has 116 valence electrons. The van der Waals surface area contributed by atoms with Crippen LogP contribution in [0.3, 0.4) is 0 Å². The molecule has 7 nitrogen and oxygen atoms in total. The van der Waals surface area contributed by atoms with E-state index in [4.69, 9.17) is 11.5 Å². The van der Waals surface area contributed by atoms with Gasteiger partial charge in [-0.1, -0.05) is 0 Å².